The van der Waals surface area contributed by atoms with E-state index in [0.717, 1.165) is 5.56 Å². The highest BCUT2D eigenvalue weighted by molar-refractivity contribution is 6.34. The third kappa shape index (κ3) is 4.26. The fraction of sp³-hybridized carbons (Fsp3) is 0.333. The fourth-order valence-corrected chi connectivity index (χ4v) is 2.82. The van der Waals surface area contributed by atoms with E-state index in [9.17, 15) is 9.90 Å². The summed E-state index contributed by atoms with van der Waals surface area (Å²) in [6, 6.07) is 8.28. The molecule has 2 unspecified atom stereocenters. The van der Waals surface area contributed by atoms with Gasteiger partial charge in [0.25, 0.3) is 0 Å². The number of ether oxygens (including phenoxy) is 1. The van der Waals surface area contributed by atoms with Crippen molar-refractivity contribution in [3.8, 4) is 0 Å². The molecular formula is C18H19Cl2NO3. The monoisotopic (exact) mass is 367 g/mol. The van der Waals surface area contributed by atoms with Crippen LogP contribution in [0.5, 0.6) is 0 Å². The number of esters is 1. The molecule has 4 nitrogen and oxygen atoms in total. The molecule has 2 aromatic rings. The van der Waals surface area contributed by atoms with E-state index >= 15 is 0 Å². The molecule has 0 radical (unpaired) electrons. The zero-order valence-electron chi connectivity index (χ0n) is 13.7. The molecule has 0 aliphatic rings. The van der Waals surface area contributed by atoms with Crippen molar-refractivity contribution >= 4 is 29.2 Å². The predicted octanol–water partition coefficient (Wildman–Crippen LogP) is 4.75. The molecule has 0 aliphatic heterocycles. The summed E-state index contributed by atoms with van der Waals surface area (Å²) < 4.78 is 5.51. The maximum absolute atomic E-state index is 12.6. The second kappa shape index (κ2) is 7.51. The largest absolute Gasteiger partial charge is 0.457 e. The Bertz CT molecular complexity index is 699. The van der Waals surface area contributed by atoms with Gasteiger partial charge < -0.3 is 9.84 Å². The van der Waals surface area contributed by atoms with Gasteiger partial charge in [-0.1, -0.05) is 23.2 Å². The summed E-state index contributed by atoms with van der Waals surface area (Å²) >= 11 is 11.9. The first-order chi connectivity index (χ1) is 11.2. The third-order valence-electron chi connectivity index (χ3n) is 3.87. The normalized spacial score (nSPS) is 14.1. The highest BCUT2D eigenvalue weighted by Crippen LogP contribution is 2.37. The second-order valence-electron chi connectivity index (χ2n) is 6.16. The number of aromatic nitrogens is 1. The van der Waals surface area contributed by atoms with Crippen LogP contribution in [0.4, 0.5) is 0 Å². The number of halogens is 2. The van der Waals surface area contributed by atoms with Crippen molar-refractivity contribution in [2.75, 3.05) is 0 Å². The maximum atomic E-state index is 12.6. The Balaban J connectivity index is 2.17. The zero-order chi connectivity index (χ0) is 17.9. The number of benzene rings is 1. The van der Waals surface area contributed by atoms with Crippen molar-refractivity contribution in [1.82, 2.24) is 4.98 Å². The molecule has 0 aliphatic carbocycles. The highest BCUT2D eigenvalue weighted by atomic mass is 35.5. The van der Waals surface area contributed by atoms with Crippen LogP contribution in [-0.4, -0.2) is 16.1 Å². The van der Waals surface area contributed by atoms with Crippen LogP contribution in [0, 0.1) is 5.41 Å². The quantitative estimate of drug-likeness (QED) is 0.774. The van der Waals surface area contributed by atoms with E-state index in [1.165, 1.54) is 0 Å². The van der Waals surface area contributed by atoms with Crippen molar-refractivity contribution in [1.29, 1.82) is 0 Å². The van der Waals surface area contributed by atoms with Gasteiger partial charge in [0.2, 0.25) is 0 Å². The molecule has 0 spiro atoms. The minimum atomic E-state index is -1.17. The molecule has 0 bridgehead atoms. The van der Waals surface area contributed by atoms with Gasteiger partial charge in [-0.3, -0.25) is 9.78 Å². The van der Waals surface area contributed by atoms with Gasteiger partial charge in [-0.15, -0.1) is 0 Å². The third-order valence-corrected chi connectivity index (χ3v) is 4.31. The molecule has 6 heteroatoms. The van der Waals surface area contributed by atoms with Gasteiger partial charge in [0, 0.05) is 22.4 Å². The Labute approximate surface area is 151 Å². The van der Waals surface area contributed by atoms with Crippen LogP contribution in [-0.2, 0) is 9.53 Å². The van der Waals surface area contributed by atoms with Crippen molar-refractivity contribution in [3.63, 3.8) is 0 Å². The molecular weight excluding hydrogens is 349 g/mol. The molecule has 1 heterocycles. The highest BCUT2D eigenvalue weighted by Gasteiger charge is 2.39. The number of aliphatic hydroxyl groups is 1. The number of pyridine rings is 1. The number of aliphatic hydroxyl groups excluding tert-OH is 1. The molecule has 1 aromatic heterocycles. The SMILES string of the molecule is CC(OC(=O)C(C)(C)C(O)c1cc(Cl)cc(Cl)c1)c1ccncc1. The van der Waals surface area contributed by atoms with E-state index in [1.807, 2.05) is 0 Å². The smallest absolute Gasteiger partial charge is 0.315 e. The maximum Gasteiger partial charge on any atom is 0.315 e. The first-order valence-corrected chi connectivity index (χ1v) is 8.22. The van der Waals surface area contributed by atoms with Crippen LogP contribution >= 0.6 is 23.2 Å². The molecule has 0 saturated carbocycles. The van der Waals surface area contributed by atoms with Crippen LogP contribution in [0.3, 0.4) is 0 Å². The number of carbonyl (C=O) groups is 1. The number of hydrogen-bond donors (Lipinski definition) is 1. The molecule has 0 amide bonds. The van der Waals surface area contributed by atoms with Crippen LogP contribution < -0.4 is 0 Å². The molecule has 1 N–H and O–H groups in total. The lowest BCUT2D eigenvalue weighted by Crippen LogP contribution is -2.34. The van der Waals surface area contributed by atoms with E-state index in [1.54, 1.807) is 63.5 Å². The summed E-state index contributed by atoms with van der Waals surface area (Å²) in [5.74, 6) is -0.518. The lowest BCUT2D eigenvalue weighted by molar-refractivity contribution is -0.166. The lowest BCUT2D eigenvalue weighted by Gasteiger charge is -2.30. The van der Waals surface area contributed by atoms with Crippen LogP contribution in [0.2, 0.25) is 10.0 Å². The Morgan fingerprint density at radius 2 is 1.67 bits per heavy atom. The summed E-state index contributed by atoms with van der Waals surface area (Å²) in [7, 11) is 0. The Morgan fingerprint density at radius 3 is 2.21 bits per heavy atom. The fourth-order valence-electron chi connectivity index (χ4n) is 2.28. The Morgan fingerprint density at radius 1 is 1.12 bits per heavy atom. The molecule has 2 atom stereocenters. The minimum absolute atomic E-state index is 0.394. The number of hydrogen-bond acceptors (Lipinski definition) is 4. The van der Waals surface area contributed by atoms with E-state index in [4.69, 9.17) is 27.9 Å². The predicted molar refractivity (Wildman–Crippen MR) is 93.9 cm³/mol. The molecule has 0 saturated heterocycles. The van der Waals surface area contributed by atoms with Gasteiger partial charge in [-0.2, -0.15) is 0 Å². The Kier molecular flexibility index (Phi) is 5.86. The summed E-state index contributed by atoms with van der Waals surface area (Å²) in [4.78, 5) is 16.5. The van der Waals surface area contributed by atoms with Crippen molar-refractivity contribution < 1.29 is 14.6 Å². The summed E-state index contributed by atoms with van der Waals surface area (Å²) in [6.45, 7) is 5.01. The topological polar surface area (TPSA) is 59.4 Å². The van der Waals surface area contributed by atoms with E-state index in [0.29, 0.717) is 15.6 Å². The first kappa shape index (κ1) is 18.7. The van der Waals surface area contributed by atoms with Crippen molar-refractivity contribution in [2.45, 2.75) is 33.0 Å². The van der Waals surface area contributed by atoms with Crippen LogP contribution in [0.25, 0.3) is 0 Å². The number of rotatable bonds is 5. The van der Waals surface area contributed by atoms with E-state index in [2.05, 4.69) is 4.98 Å². The van der Waals surface area contributed by atoms with Crippen molar-refractivity contribution in [3.05, 3.63) is 63.9 Å². The Hall–Kier alpha value is -1.62. The van der Waals surface area contributed by atoms with E-state index in [-0.39, 0.29) is 0 Å². The van der Waals surface area contributed by atoms with Gasteiger partial charge in [0.05, 0.1) is 11.5 Å². The van der Waals surface area contributed by atoms with Gasteiger partial charge in [0.15, 0.2) is 0 Å². The molecule has 0 fully saturated rings. The van der Waals surface area contributed by atoms with Gasteiger partial charge >= 0.3 is 5.97 Å². The molecule has 24 heavy (non-hydrogen) atoms. The summed E-state index contributed by atoms with van der Waals surface area (Å²) in [6.07, 6.45) is 1.71. The molecule has 128 valence electrons. The summed E-state index contributed by atoms with van der Waals surface area (Å²) in [5, 5.41) is 11.4. The molecule has 2 rings (SSSR count). The van der Waals surface area contributed by atoms with Gasteiger partial charge in [0.1, 0.15) is 6.10 Å². The average molecular weight is 368 g/mol. The van der Waals surface area contributed by atoms with Gasteiger partial charge in [-0.25, -0.2) is 0 Å². The van der Waals surface area contributed by atoms with Crippen molar-refractivity contribution in [2.24, 2.45) is 5.41 Å². The number of nitrogens with zero attached hydrogens (tertiary/aromatic N) is 1. The molecule has 1 aromatic carbocycles. The van der Waals surface area contributed by atoms with E-state index < -0.39 is 23.6 Å². The lowest BCUT2D eigenvalue weighted by atomic mass is 9.82. The van der Waals surface area contributed by atoms with Crippen LogP contribution in [0.15, 0.2) is 42.7 Å². The first-order valence-electron chi connectivity index (χ1n) is 7.47. The summed E-state index contributed by atoms with van der Waals surface area (Å²) in [5.41, 5.74) is 0.121. The number of carbonyl (C=O) groups excluding carboxylic acids is 1. The van der Waals surface area contributed by atoms with Crippen LogP contribution in [0.1, 0.15) is 44.1 Å². The average Bonchev–Trinajstić information content (AvgIpc) is 2.53. The zero-order valence-corrected chi connectivity index (χ0v) is 15.2. The minimum Gasteiger partial charge on any atom is -0.457 e. The second-order valence-corrected chi connectivity index (χ2v) is 7.03. The van der Waals surface area contributed by atoms with Gasteiger partial charge in [-0.05, 0) is 62.2 Å². The standard InChI is InChI=1S/C18H19Cl2NO3/c1-11(12-4-6-21-7-5-12)24-17(23)18(2,3)16(22)13-8-14(19)10-15(20)9-13/h4-11,16,22H,1-3H3.